The Hall–Kier alpha value is -2.15. The van der Waals surface area contributed by atoms with E-state index in [4.69, 9.17) is 4.74 Å². The normalized spacial score (nSPS) is 14.5. The van der Waals surface area contributed by atoms with Crippen LogP contribution in [-0.4, -0.2) is 23.7 Å². The highest BCUT2D eigenvalue weighted by Crippen LogP contribution is 2.33. The molecule has 0 spiro atoms. The van der Waals surface area contributed by atoms with Crippen molar-refractivity contribution in [2.24, 2.45) is 0 Å². The first-order valence-corrected chi connectivity index (χ1v) is 9.70. The second-order valence-corrected chi connectivity index (χ2v) is 7.37. The van der Waals surface area contributed by atoms with E-state index in [2.05, 4.69) is 5.32 Å². The van der Waals surface area contributed by atoms with Crippen LogP contribution in [0, 0.1) is 0 Å². The second kappa shape index (κ2) is 7.82. The molecule has 0 saturated carbocycles. The summed E-state index contributed by atoms with van der Waals surface area (Å²) in [6.45, 7) is 1.78. The smallest absolute Gasteiger partial charge is 0.260 e. The summed E-state index contributed by atoms with van der Waals surface area (Å²) in [5.74, 6) is 0.366. The summed E-state index contributed by atoms with van der Waals surface area (Å²) in [5.41, 5.74) is -0.465. The lowest BCUT2D eigenvalue weighted by Gasteiger charge is -2.27. The molecule has 0 fully saturated rings. The Bertz CT molecular complexity index is 751. The fourth-order valence-corrected chi connectivity index (χ4v) is 4.03. The number of ether oxygens (including phenoxy) is 1. The summed E-state index contributed by atoms with van der Waals surface area (Å²) in [5, 5.41) is 19.8. The maximum Gasteiger partial charge on any atom is 0.260 e. The van der Waals surface area contributed by atoms with E-state index in [-0.39, 0.29) is 12.5 Å². The van der Waals surface area contributed by atoms with E-state index < -0.39 is 11.7 Å². The number of rotatable bonds is 7. The zero-order valence-corrected chi connectivity index (χ0v) is 15.3. The van der Waals surface area contributed by atoms with E-state index >= 15 is 0 Å². The number of aliphatic hydroxyl groups is 1. The average Bonchev–Trinajstić information content (AvgIpc) is 3.34. The molecule has 4 nitrogen and oxygen atoms in total. The number of hydrogen-bond donors (Lipinski definition) is 2. The number of carbonyl (C=O) groups excluding carboxylic acids is 1. The van der Waals surface area contributed by atoms with E-state index in [0.29, 0.717) is 5.75 Å². The molecule has 3 aromatic rings. The predicted octanol–water partition coefficient (Wildman–Crippen LogP) is 3.63. The van der Waals surface area contributed by atoms with Crippen molar-refractivity contribution < 1.29 is 14.6 Å². The third-order valence-corrected chi connectivity index (χ3v) is 5.58. The maximum atomic E-state index is 12.4. The van der Waals surface area contributed by atoms with E-state index in [0.717, 1.165) is 10.4 Å². The van der Waals surface area contributed by atoms with Gasteiger partial charge in [0.1, 0.15) is 11.4 Å². The molecule has 2 aromatic heterocycles. The third kappa shape index (κ3) is 4.10. The van der Waals surface area contributed by atoms with Crippen LogP contribution in [0.1, 0.15) is 17.4 Å². The Morgan fingerprint density at radius 2 is 2.00 bits per heavy atom. The summed E-state index contributed by atoms with van der Waals surface area (Å²) in [7, 11) is 0. The van der Waals surface area contributed by atoms with Gasteiger partial charge in [-0.25, -0.2) is 0 Å². The van der Waals surface area contributed by atoms with Gasteiger partial charge in [0, 0.05) is 10.4 Å². The third-order valence-electron chi connectivity index (χ3n) is 3.87. The molecule has 0 unspecified atom stereocenters. The number of benzene rings is 1. The molecule has 0 aliphatic rings. The Balaban J connectivity index is 1.68. The predicted molar refractivity (Wildman–Crippen MR) is 101 cm³/mol. The van der Waals surface area contributed by atoms with Crippen molar-refractivity contribution in [2.45, 2.75) is 18.6 Å². The van der Waals surface area contributed by atoms with Gasteiger partial charge in [-0.05, 0) is 47.3 Å². The van der Waals surface area contributed by atoms with Gasteiger partial charge in [0.2, 0.25) is 0 Å². The van der Waals surface area contributed by atoms with Gasteiger partial charge in [-0.1, -0.05) is 24.3 Å². The summed E-state index contributed by atoms with van der Waals surface area (Å²) in [4.78, 5) is 13.2. The van der Waals surface area contributed by atoms with Crippen LogP contribution in [0.5, 0.6) is 5.75 Å². The van der Waals surface area contributed by atoms with Crippen LogP contribution >= 0.6 is 22.7 Å². The maximum absolute atomic E-state index is 12.4. The lowest BCUT2D eigenvalue weighted by Crippen LogP contribution is -2.45. The van der Waals surface area contributed by atoms with Crippen LogP contribution in [0.2, 0.25) is 0 Å². The molecular weight excluding hydrogens is 354 g/mol. The van der Waals surface area contributed by atoms with Crippen LogP contribution < -0.4 is 10.1 Å². The van der Waals surface area contributed by atoms with E-state index in [1.54, 1.807) is 19.1 Å². The zero-order valence-electron chi connectivity index (χ0n) is 13.7. The Labute approximate surface area is 154 Å². The quantitative estimate of drug-likeness (QED) is 0.665. The van der Waals surface area contributed by atoms with E-state index in [9.17, 15) is 9.90 Å². The topological polar surface area (TPSA) is 58.6 Å². The van der Waals surface area contributed by atoms with Gasteiger partial charge in [0.15, 0.2) is 6.10 Å². The molecule has 1 aromatic carbocycles. The molecule has 0 radical (unpaired) electrons. The molecule has 25 heavy (non-hydrogen) atoms. The van der Waals surface area contributed by atoms with Gasteiger partial charge in [-0.3, -0.25) is 4.79 Å². The second-order valence-electron chi connectivity index (χ2n) is 5.64. The molecule has 130 valence electrons. The molecule has 2 N–H and O–H groups in total. The minimum absolute atomic E-state index is 0.0889. The standard InChI is InChI=1S/C19H19NO3S2/c1-14(23-16-6-3-2-4-7-16)18(21)20-13-19(22,15-9-11-24-12-15)17-8-5-10-25-17/h2-12,14,22H,13H2,1H3,(H,20,21)/t14-,19+/m1/s1. The molecular formula is C19H19NO3S2. The highest BCUT2D eigenvalue weighted by atomic mass is 32.1. The van der Waals surface area contributed by atoms with Gasteiger partial charge >= 0.3 is 0 Å². The van der Waals surface area contributed by atoms with Crippen molar-refractivity contribution in [1.82, 2.24) is 5.32 Å². The zero-order chi connectivity index (χ0) is 17.7. The SMILES string of the molecule is C[C@@H](Oc1ccccc1)C(=O)NC[C@](O)(c1ccsc1)c1cccs1. The van der Waals surface area contributed by atoms with E-state index in [1.807, 2.05) is 52.5 Å². The molecule has 0 aliphatic heterocycles. The molecule has 0 bridgehead atoms. The van der Waals surface area contributed by atoms with Crippen LogP contribution in [0.15, 0.2) is 64.7 Å². The number of nitrogens with one attached hydrogen (secondary N) is 1. The number of amides is 1. The van der Waals surface area contributed by atoms with Crippen molar-refractivity contribution in [2.75, 3.05) is 6.54 Å². The number of thiophene rings is 2. The highest BCUT2D eigenvalue weighted by molar-refractivity contribution is 7.10. The molecule has 0 saturated heterocycles. The Kier molecular flexibility index (Phi) is 5.53. The molecule has 2 atom stereocenters. The van der Waals surface area contributed by atoms with Crippen molar-refractivity contribution in [3.05, 3.63) is 75.1 Å². The Morgan fingerprint density at radius 3 is 2.64 bits per heavy atom. The molecule has 6 heteroatoms. The first-order valence-electron chi connectivity index (χ1n) is 7.88. The highest BCUT2D eigenvalue weighted by Gasteiger charge is 2.34. The van der Waals surface area contributed by atoms with Gasteiger partial charge in [-0.15, -0.1) is 11.3 Å². The van der Waals surface area contributed by atoms with Gasteiger partial charge in [0.05, 0.1) is 6.54 Å². The number of para-hydroxylation sites is 1. The van der Waals surface area contributed by atoms with Gasteiger partial charge in [0.25, 0.3) is 5.91 Å². The van der Waals surface area contributed by atoms with Crippen molar-refractivity contribution >= 4 is 28.6 Å². The van der Waals surface area contributed by atoms with Crippen molar-refractivity contribution in [3.8, 4) is 5.75 Å². The summed E-state index contributed by atoms with van der Waals surface area (Å²) in [6, 6.07) is 14.8. The van der Waals surface area contributed by atoms with Crippen LogP contribution in [0.3, 0.4) is 0 Å². The first kappa shape index (κ1) is 17.7. The monoisotopic (exact) mass is 373 g/mol. The summed E-state index contributed by atoms with van der Waals surface area (Å²) < 4.78 is 5.63. The number of hydrogen-bond acceptors (Lipinski definition) is 5. The van der Waals surface area contributed by atoms with Crippen molar-refractivity contribution in [1.29, 1.82) is 0 Å². The molecule has 3 rings (SSSR count). The molecule has 0 aliphatic carbocycles. The molecule has 2 heterocycles. The van der Waals surface area contributed by atoms with Crippen LogP contribution in [0.25, 0.3) is 0 Å². The average molecular weight is 373 g/mol. The van der Waals surface area contributed by atoms with Crippen LogP contribution in [0.4, 0.5) is 0 Å². The van der Waals surface area contributed by atoms with Crippen LogP contribution in [-0.2, 0) is 10.4 Å². The minimum Gasteiger partial charge on any atom is -0.481 e. The van der Waals surface area contributed by atoms with Gasteiger partial charge < -0.3 is 15.2 Å². The summed E-state index contributed by atoms with van der Waals surface area (Å²) in [6.07, 6.45) is -0.655. The molecule has 1 amide bonds. The lowest BCUT2D eigenvalue weighted by atomic mass is 9.94. The number of carbonyl (C=O) groups is 1. The van der Waals surface area contributed by atoms with Crippen molar-refractivity contribution in [3.63, 3.8) is 0 Å². The largest absolute Gasteiger partial charge is 0.481 e. The fraction of sp³-hybridized carbons (Fsp3) is 0.211. The van der Waals surface area contributed by atoms with E-state index in [1.165, 1.54) is 22.7 Å². The Morgan fingerprint density at radius 1 is 1.20 bits per heavy atom. The summed E-state index contributed by atoms with van der Waals surface area (Å²) >= 11 is 2.98. The first-order chi connectivity index (χ1) is 12.1. The minimum atomic E-state index is -1.24. The van der Waals surface area contributed by atoms with Gasteiger partial charge in [-0.2, -0.15) is 11.3 Å². The fourth-order valence-electron chi connectivity index (χ4n) is 2.46. The lowest BCUT2D eigenvalue weighted by molar-refractivity contribution is -0.128.